The predicted molar refractivity (Wildman–Crippen MR) is 34.4 cm³/mol. The van der Waals surface area contributed by atoms with Gasteiger partial charge in [0, 0.05) is 6.54 Å². The highest BCUT2D eigenvalue weighted by Gasteiger charge is 2.19. The SMILES string of the molecule is O=C(O)C1CCCCNO1. The molecular formula is C6H11NO3. The van der Waals surface area contributed by atoms with E-state index in [1.165, 1.54) is 0 Å². The van der Waals surface area contributed by atoms with Crippen LogP contribution in [0.5, 0.6) is 0 Å². The van der Waals surface area contributed by atoms with Gasteiger partial charge in [0.05, 0.1) is 0 Å². The standard InChI is InChI=1S/C6H11NO3/c8-6(9)5-3-1-2-4-7-10-5/h5,7H,1-4H2,(H,8,9). The zero-order valence-corrected chi connectivity index (χ0v) is 5.67. The molecule has 0 aromatic heterocycles. The number of carboxylic acid groups (broad SMARTS) is 1. The molecule has 0 amide bonds. The minimum atomic E-state index is -0.880. The molecule has 1 rings (SSSR count). The number of nitrogens with one attached hydrogen (secondary N) is 1. The summed E-state index contributed by atoms with van der Waals surface area (Å²) in [4.78, 5) is 15.2. The molecular weight excluding hydrogens is 134 g/mol. The second-order valence-corrected chi connectivity index (χ2v) is 2.33. The average Bonchev–Trinajstić information content (AvgIpc) is 2.12. The first-order chi connectivity index (χ1) is 4.80. The maximum Gasteiger partial charge on any atom is 0.334 e. The highest BCUT2D eigenvalue weighted by atomic mass is 16.7. The molecule has 0 aliphatic carbocycles. The minimum absolute atomic E-state index is 0.613. The van der Waals surface area contributed by atoms with Crippen molar-refractivity contribution in [3.8, 4) is 0 Å². The van der Waals surface area contributed by atoms with Crippen LogP contribution in [0.15, 0.2) is 0 Å². The summed E-state index contributed by atoms with van der Waals surface area (Å²) in [7, 11) is 0. The summed E-state index contributed by atoms with van der Waals surface area (Å²) < 4.78 is 0. The fourth-order valence-corrected chi connectivity index (χ4v) is 0.919. The fraction of sp³-hybridized carbons (Fsp3) is 0.833. The van der Waals surface area contributed by atoms with Gasteiger partial charge in [0.2, 0.25) is 0 Å². The Morgan fingerprint density at radius 2 is 2.40 bits per heavy atom. The van der Waals surface area contributed by atoms with Gasteiger partial charge in [-0.3, -0.25) is 4.84 Å². The van der Waals surface area contributed by atoms with E-state index in [0.717, 1.165) is 19.4 Å². The van der Waals surface area contributed by atoms with Crippen molar-refractivity contribution in [2.75, 3.05) is 6.54 Å². The van der Waals surface area contributed by atoms with Gasteiger partial charge in [-0.1, -0.05) is 0 Å². The Kier molecular flexibility index (Phi) is 2.65. The van der Waals surface area contributed by atoms with E-state index in [0.29, 0.717) is 6.42 Å². The molecule has 1 aliphatic heterocycles. The van der Waals surface area contributed by atoms with Crippen molar-refractivity contribution in [3.05, 3.63) is 0 Å². The second-order valence-electron chi connectivity index (χ2n) is 2.33. The van der Waals surface area contributed by atoms with E-state index in [-0.39, 0.29) is 0 Å². The average molecular weight is 145 g/mol. The Bertz CT molecular complexity index is 118. The van der Waals surface area contributed by atoms with Crippen LogP contribution in [0.3, 0.4) is 0 Å². The van der Waals surface area contributed by atoms with Crippen molar-refractivity contribution >= 4 is 5.97 Å². The lowest BCUT2D eigenvalue weighted by molar-refractivity contribution is -0.155. The molecule has 0 aromatic carbocycles. The molecule has 1 atom stereocenters. The summed E-state index contributed by atoms with van der Waals surface area (Å²) in [5.74, 6) is -0.880. The van der Waals surface area contributed by atoms with Crippen LogP contribution in [-0.2, 0) is 9.63 Å². The highest BCUT2D eigenvalue weighted by molar-refractivity contribution is 5.72. The van der Waals surface area contributed by atoms with Crippen LogP contribution in [0.25, 0.3) is 0 Å². The molecule has 1 heterocycles. The van der Waals surface area contributed by atoms with Crippen molar-refractivity contribution in [1.82, 2.24) is 5.48 Å². The van der Waals surface area contributed by atoms with Gasteiger partial charge in [-0.2, -0.15) is 0 Å². The monoisotopic (exact) mass is 145 g/mol. The summed E-state index contributed by atoms with van der Waals surface area (Å²) >= 11 is 0. The van der Waals surface area contributed by atoms with Crippen LogP contribution < -0.4 is 5.48 Å². The number of aliphatic carboxylic acids is 1. The molecule has 0 spiro atoms. The lowest BCUT2D eigenvalue weighted by Gasteiger charge is -2.07. The van der Waals surface area contributed by atoms with Crippen LogP contribution >= 0.6 is 0 Å². The molecule has 0 saturated carbocycles. The highest BCUT2D eigenvalue weighted by Crippen LogP contribution is 2.06. The molecule has 1 aliphatic rings. The van der Waals surface area contributed by atoms with Gasteiger partial charge in [0.1, 0.15) is 0 Å². The van der Waals surface area contributed by atoms with E-state index in [1.807, 2.05) is 0 Å². The predicted octanol–water partition coefficient (Wildman–Crippen LogP) is 0.145. The van der Waals surface area contributed by atoms with Gasteiger partial charge >= 0.3 is 5.97 Å². The third-order valence-electron chi connectivity index (χ3n) is 1.50. The minimum Gasteiger partial charge on any atom is -0.479 e. The molecule has 2 N–H and O–H groups in total. The van der Waals surface area contributed by atoms with Gasteiger partial charge in [-0.25, -0.2) is 10.3 Å². The normalized spacial score (nSPS) is 27.4. The van der Waals surface area contributed by atoms with Gasteiger partial charge in [-0.15, -0.1) is 0 Å². The van der Waals surface area contributed by atoms with Crippen LogP contribution in [0.2, 0.25) is 0 Å². The fourth-order valence-electron chi connectivity index (χ4n) is 0.919. The molecule has 0 bridgehead atoms. The van der Waals surface area contributed by atoms with Crippen molar-refractivity contribution in [1.29, 1.82) is 0 Å². The molecule has 0 aromatic rings. The van der Waals surface area contributed by atoms with Crippen molar-refractivity contribution in [2.45, 2.75) is 25.4 Å². The number of carboxylic acids is 1. The first kappa shape index (κ1) is 7.50. The molecule has 0 radical (unpaired) electrons. The summed E-state index contributed by atoms with van der Waals surface area (Å²) in [6.07, 6.45) is 1.87. The number of hydroxylamine groups is 1. The molecule has 1 fully saturated rings. The zero-order valence-electron chi connectivity index (χ0n) is 5.67. The smallest absolute Gasteiger partial charge is 0.334 e. The van der Waals surface area contributed by atoms with Crippen molar-refractivity contribution < 1.29 is 14.7 Å². The van der Waals surface area contributed by atoms with E-state index < -0.39 is 12.1 Å². The van der Waals surface area contributed by atoms with Gasteiger partial charge < -0.3 is 5.11 Å². The molecule has 4 heteroatoms. The third kappa shape index (κ3) is 1.97. The first-order valence-corrected chi connectivity index (χ1v) is 3.42. The Balaban J connectivity index is 2.35. The van der Waals surface area contributed by atoms with Gasteiger partial charge in [0.15, 0.2) is 6.10 Å². The van der Waals surface area contributed by atoms with Crippen LogP contribution in [0, 0.1) is 0 Å². The zero-order chi connectivity index (χ0) is 7.40. The number of rotatable bonds is 1. The summed E-state index contributed by atoms with van der Waals surface area (Å²) in [6, 6.07) is 0. The molecule has 1 unspecified atom stereocenters. The van der Waals surface area contributed by atoms with Crippen molar-refractivity contribution in [2.24, 2.45) is 0 Å². The number of carbonyl (C=O) groups is 1. The van der Waals surface area contributed by atoms with Crippen LogP contribution in [0.1, 0.15) is 19.3 Å². The first-order valence-electron chi connectivity index (χ1n) is 3.42. The molecule has 58 valence electrons. The van der Waals surface area contributed by atoms with Crippen LogP contribution in [0.4, 0.5) is 0 Å². The summed E-state index contributed by atoms with van der Waals surface area (Å²) in [5, 5.41) is 8.50. The molecule has 10 heavy (non-hydrogen) atoms. The third-order valence-corrected chi connectivity index (χ3v) is 1.50. The molecule has 4 nitrogen and oxygen atoms in total. The maximum absolute atomic E-state index is 10.3. The topological polar surface area (TPSA) is 58.6 Å². The van der Waals surface area contributed by atoms with Crippen molar-refractivity contribution in [3.63, 3.8) is 0 Å². The Labute approximate surface area is 59.1 Å². The van der Waals surface area contributed by atoms with Gasteiger partial charge in [0.25, 0.3) is 0 Å². The summed E-state index contributed by atoms with van der Waals surface area (Å²) in [6.45, 7) is 0.754. The quantitative estimate of drug-likeness (QED) is 0.551. The maximum atomic E-state index is 10.3. The Morgan fingerprint density at radius 3 is 3.10 bits per heavy atom. The Morgan fingerprint density at radius 1 is 1.60 bits per heavy atom. The largest absolute Gasteiger partial charge is 0.479 e. The molecule has 1 saturated heterocycles. The Hall–Kier alpha value is -0.610. The number of hydrogen-bond donors (Lipinski definition) is 2. The van der Waals surface area contributed by atoms with E-state index in [4.69, 9.17) is 9.94 Å². The lowest BCUT2D eigenvalue weighted by Crippen LogP contribution is -2.28. The van der Waals surface area contributed by atoms with Gasteiger partial charge in [-0.05, 0) is 19.3 Å². The van der Waals surface area contributed by atoms with E-state index in [2.05, 4.69) is 5.48 Å². The van der Waals surface area contributed by atoms with E-state index in [9.17, 15) is 4.79 Å². The van der Waals surface area contributed by atoms with Crippen LogP contribution in [-0.4, -0.2) is 23.7 Å². The second kappa shape index (κ2) is 3.53. The van der Waals surface area contributed by atoms with E-state index >= 15 is 0 Å². The summed E-state index contributed by atoms with van der Waals surface area (Å²) in [5.41, 5.74) is 2.60. The van der Waals surface area contributed by atoms with E-state index in [1.54, 1.807) is 0 Å². The number of hydrogen-bond acceptors (Lipinski definition) is 3. The lowest BCUT2D eigenvalue weighted by atomic mass is 10.2.